The van der Waals surface area contributed by atoms with Crippen LogP contribution >= 0.6 is 15.9 Å². The molecule has 2 N–H and O–H groups in total. The van der Waals surface area contributed by atoms with E-state index in [-0.39, 0.29) is 6.04 Å². The molecule has 0 fully saturated rings. The van der Waals surface area contributed by atoms with Gasteiger partial charge in [0.25, 0.3) is 0 Å². The molecular weight excluding hydrogens is 252 g/mol. The topological polar surface area (TPSA) is 38.9 Å². The van der Waals surface area contributed by atoms with Crippen molar-refractivity contribution < 1.29 is 0 Å². The summed E-state index contributed by atoms with van der Waals surface area (Å²) in [5.41, 5.74) is 9.10. The van der Waals surface area contributed by atoms with E-state index < -0.39 is 0 Å². The third-order valence-electron chi connectivity index (χ3n) is 2.44. The van der Waals surface area contributed by atoms with Gasteiger partial charge in [-0.15, -0.1) is 0 Å². The molecule has 0 bridgehead atoms. The van der Waals surface area contributed by atoms with Crippen LogP contribution in [0.5, 0.6) is 0 Å². The van der Waals surface area contributed by atoms with Gasteiger partial charge in [-0.1, -0.05) is 12.1 Å². The minimum absolute atomic E-state index is 0.0310. The number of fused-ring (bicyclic) bond motifs is 1. The first-order chi connectivity index (χ1) is 7.09. The quantitative estimate of drug-likeness (QED) is 0.859. The summed E-state index contributed by atoms with van der Waals surface area (Å²) in [6.45, 7) is 3.99. The molecule has 1 aromatic carbocycles. The highest BCUT2D eigenvalue weighted by Gasteiger charge is 2.09. The summed E-state index contributed by atoms with van der Waals surface area (Å²) in [6, 6.07) is 8.16. The number of hydrogen-bond donors (Lipinski definition) is 1. The number of para-hydroxylation sites is 1. The largest absolute Gasteiger partial charge is 0.324 e. The average Bonchev–Trinajstić information content (AvgIpc) is 2.18. The zero-order valence-corrected chi connectivity index (χ0v) is 10.4. The van der Waals surface area contributed by atoms with E-state index >= 15 is 0 Å². The second-order valence-corrected chi connectivity index (χ2v) is 4.63. The van der Waals surface area contributed by atoms with Gasteiger partial charge in [-0.3, -0.25) is 4.98 Å². The number of nitrogens with two attached hydrogens (primary N) is 1. The molecule has 0 amide bonds. The Morgan fingerprint density at radius 1 is 1.40 bits per heavy atom. The Balaban J connectivity index is 2.86. The summed E-state index contributed by atoms with van der Waals surface area (Å²) in [5.74, 6) is 0. The van der Waals surface area contributed by atoms with Crippen LogP contribution in [0.2, 0.25) is 0 Å². The Morgan fingerprint density at radius 3 is 2.80 bits per heavy atom. The van der Waals surface area contributed by atoms with Crippen LogP contribution in [0.1, 0.15) is 24.2 Å². The zero-order chi connectivity index (χ0) is 11.0. The summed E-state index contributed by atoms with van der Waals surface area (Å²) < 4.78 is 1.02. The molecule has 2 nitrogen and oxygen atoms in total. The van der Waals surface area contributed by atoms with Crippen molar-refractivity contribution in [3.05, 3.63) is 40.0 Å². The Bertz CT molecular complexity index is 506. The minimum atomic E-state index is 0.0310. The number of rotatable bonds is 1. The summed E-state index contributed by atoms with van der Waals surface area (Å²) in [7, 11) is 0. The second kappa shape index (κ2) is 3.91. The van der Waals surface area contributed by atoms with Crippen LogP contribution in [0.25, 0.3) is 10.9 Å². The van der Waals surface area contributed by atoms with Crippen molar-refractivity contribution in [3.8, 4) is 0 Å². The van der Waals surface area contributed by atoms with Crippen molar-refractivity contribution in [1.29, 1.82) is 0 Å². The van der Waals surface area contributed by atoms with Gasteiger partial charge in [-0.25, -0.2) is 0 Å². The fraction of sp³-hybridized carbons (Fsp3) is 0.250. The maximum atomic E-state index is 5.96. The molecule has 0 aliphatic carbocycles. The van der Waals surface area contributed by atoms with Crippen molar-refractivity contribution in [3.63, 3.8) is 0 Å². The van der Waals surface area contributed by atoms with Crippen molar-refractivity contribution in [2.24, 2.45) is 5.73 Å². The first-order valence-electron chi connectivity index (χ1n) is 4.91. The Labute approximate surface area is 97.6 Å². The molecule has 0 radical (unpaired) electrons. The van der Waals surface area contributed by atoms with Gasteiger partial charge in [0, 0.05) is 21.6 Å². The van der Waals surface area contributed by atoms with Crippen LogP contribution in [0, 0.1) is 6.92 Å². The Morgan fingerprint density at radius 2 is 2.13 bits per heavy atom. The van der Waals surface area contributed by atoms with Gasteiger partial charge in [0.1, 0.15) is 0 Å². The predicted octanol–water partition coefficient (Wildman–Crippen LogP) is 3.33. The molecule has 3 heteroatoms. The third kappa shape index (κ3) is 1.90. The van der Waals surface area contributed by atoms with E-state index in [2.05, 4.69) is 33.0 Å². The molecule has 2 rings (SSSR count). The second-order valence-electron chi connectivity index (χ2n) is 3.78. The first kappa shape index (κ1) is 10.6. The fourth-order valence-corrected chi connectivity index (χ4v) is 2.20. The van der Waals surface area contributed by atoms with E-state index in [0.717, 1.165) is 26.6 Å². The fourth-order valence-electron chi connectivity index (χ4n) is 1.75. The van der Waals surface area contributed by atoms with Crippen LogP contribution in [0.3, 0.4) is 0 Å². The van der Waals surface area contributed by atoms with Crippen LogP contribution < -0.4 is 5.73 Å². The number of nitrogens with zero attached hydrogens (tertiary/aromatic N) is 1. The van der Waals surface area contributed by atoms with Gasteiger partial charge in [-0.2, -0.15) is 0 Å². The van der Waals surface area contributed by atoms with Gasteiger partial charge in [0.15, 0.2) is 0 Å². The SMILES string of the molecule is Cc1cc(C(C)N)c2cccc(Br)c2n1. The number of pyridine rings is 1. The molecule has 0 aliphatic rings. The molecule has 1 atom stereocenters. The molecular formula is C12H13BrN2. The van der Waals surface area contributed by atoms with Crippen molar-refractivity contribution in [2.75, 3.05) is 0 Å². The van der Waals surface area contributed by atoms with Gasteiger partial charge in [-0.05, 0) is 47.5 Å². The lowest BCUT2D eigenvalue weighted by Crippen LogP contribution is -2.06. The van der Waals surface area contributed by atoms with Crippen molar-refractivity contribution in [2.45, 2.75) is 19.9 Å². The highest BCUT2D eigenvalue weighted by Crippen LogP contribution is 2.27. The van der Waals surface area contributed by atoms with Crippen LogP contribution in [-0.2, 0) is 0 Å². The van der Waals surface area contributed by atoms with E-state index in [1.165, 1.54) is 0 Å². The minimum Gasteiger partial charge on any atom is -0.324 e. The molecule has 1 unspecified atom stereocenters. The smallest absolute Gasteiger partial charge is 0.0850 e. The third-order valence-corrected chi connectivity index (χ3v) is 3.08. The Kier molecular flexibility index (Phi) is 2.76. The van der Waals surface area contributed by atoms with Crippen LogP contribution in [0.4, 0.5) is 0 Å². The lowest BCUT2D eigenvalue weighted by atomic mass is 10.0. The lowest BCUT2D eigenvalue weighted by molar-refractivity contribution is 0.823. The molecule has 0 saturated carbocycles. The number of aryl methyl sites for hydroxylation is 1. The van der Waals surface area contributed by atoms with Gasteiger partial charge in [0.2, 0.25) is 0 Å². The molecule has 78 valence electrons. The van der Waals surface area contributed by atoms with E-state index in [1.54, 1.807) is 0 Å². The average molecular weight is 265 g/mol. The summed E-state index contributed by atoms with van der Waals surface area (Å²) in [5, 5.41) is 1.13. The molecule has 0 aliphatic heterocycles. The summed E-state index contributed by atoms with van der Waals surface area (Å²) in [4.78, 5) is 4.52. The maximum absolute atomic E-state index is 5.96. The van der Waals surface area contributed by atoms with Crippen LogP contribution in [-0.4, -0.2) is 4.98 Å². The number of aromatic nitrogens is 1. The summed E-state index contributed by atoms with van der Waals surface area (Å²) in [6.07, 6.45) is 0. The lowest BCUT2D eigenvalue weighted by Gasteiger charge is -2.11. The van der Waals surface area contributed by atoms with E-state index in [9.17, 15) is 0 Å². The number of halogens is 1. The monoisotopic (exact) mass is 264 g/mol. The Hall–Kier alpha value is -0.930. The predicted molar refractivity (Wildman–Crippen MR) is 66.8 cm³/mol. The molecule has 0 saturated heterocycles. The molecule has 15 heavy (non-hydrogen) atoms. The number of hydrogen-bond acceptors (Lipinski definition) is 2. The van der Waals surface area contributed by atoms with Gasteiger partial charge >= 0.3 is 0 Å². The normalized spacial score (nSPS) is 13.1. The highest BCUT2D eigenvalue weighted by molar-refractivity contribution is 9.10. The van der Waals surface area contributed by atoms with Crippen LogP contribution in [0.15, 0.2) is 28.7 Å². The van der Waals surface area contributed by atoms with E-state index in [4.69, 9.17) is 5.73 Å². The first-order valence-corrected chi connectivity index (χ1v) is 5.70. The highest BCUT2D eigenvalue weighted by atomic mass is 79.9. The molecule has 2 aromatic rings. The van der Waals surface area contributed by atoms with E-state index in [1.807, 2.05) is 26.0 Å². The zero-order valence-electron chi connectivity index (χ0n) is 8.79. The van der Waals surface area contributed by atoms with E-state index in [0.29, 0.717) is 0 Å². The van der Waals surface area contributed by atoms with Crippen molar-refractivity contribution in [1.82, 2.24) is 4.98 Å². The summed E-state index contributed by atoms with van der Waals surface area (Å²) >= 11 is 3.51. The molecule has 1 heterocycles. The maximum Gasteiger partial charge on any atom is 0.0850 e. The van der Waals surface area contributed by atoms with Crippen molar-refractivity contribution >= 4 is 26.8 Å². The van der Waals surface area contributed by atoms with Gasteiger partial charge in [0.05, 0.1) is 5.52 Å². The van der Waals surface area contributed by atoms with Gasteiger partial charge < -0.3 is 5.73 Å². The molecule has 1 aromatic heterocycles. The standard InChI is InChI=1S/C12H13BrN2/c1-7-6-10(8(2)14)9-4-3-5-11(13)12(9)15-7/h3-6,8H,14H2,1-2H3. The molecule has 0 spiro atoms. The number of benzene rings is 1.